The highest BCUT2D eigenvalue weighted by molar-refractivity contribution is 14.1. The number of ether oxygens (including phenoxy) is 3. The van der Waals surface area contributed by atoms with Crippen molar-refractivity contribution in [2.75, 3.05) is 26.3 Å². The van der Waals surface area contributed by atoms with E-state index < -0.39 is 5.60 Å². The van der Waals surface area contributed by atoms with E-state index in [9.17, 15) is 4.79 Å². The Morgan fingerprint density at radius 3 is 2.71 bits per heavy atom. The molecule has 0 spiro atoms. The van der Waals surface area contributed by atoms with Crippen LogP contribution in [0.4, 0.5) is 4.79 Å². The second-order valence-corrected chi connectivity index (χ2v) is 8.36. The summed E-state index contributed by atoms with van der Waals surface area (Å²) in [6.45, 7) is 8.42. The van der Waals surface area contributed by atoms with Gasteiger partial charge in [0.2, 0.25) is 0 Å². The topological polar surface area (TPSA) is 48.0 Å². The number of rotatable bonds is 3. The average molecular weight is 411 g/mol. The summed E-state index contributed by atoms with van der Waals surface area (Å²) in [5, 5.41) is 0. The Hall–Kier alpha value is -0.0800. The predicted octanol–water partition coefficient (Wildman–Crippen LogP) is 3.00. The summed E-state index contributed by atoms with van der Waals surface area (Å²) < 4.78 is 17.4. The maximum Gasteiger partial charge on any atom is 0.410 e. The van der Waals surface area contributed by atoms with Gasteiger partial charge in [0, 0.05) is 13.2 Å². The van der Waals surface area contributed by atoms with E-state index in [1.807, 2.05) is 20.8 Å². The van der Waals surface area contributed by atoms with Crippen LogP contribution in [0.15, 0.2) is 0 Å². The van der Waals surface area contributed by atoms with Gasteiger partial charge in [-0.3, -0.25) is 0 Å². The molecule has 0 radical (unpaired) electrons. The number of hydrogen-bond donors (Lipinski definition) is 0. The van der Waals surface area contributed by atoms with Gasteiger partial charge in [-0.2, -0.15) is 0 Å². The van der Waals surface area contributed by atoms with Crippen LogP contribution in [0.1, 0.15) is 40.0 Å². The van der Waals surface area contributed by atoms with Gasteiger partial charge in [0.1, 0.15) is 5.60 Å². The second kappa shape index (κ2) is 7.46. The van der Waals surface area contributed by atoms with E-state index in [-0.39, 0.29) is 18.3 Å². The molecular weight excluding hydrogens is 385 g/mol. The molecule has 0 aromatic carbocycles. The quantitative estimate of drug-likeness (QED) is 0.529. The first-order valence-electron chi connectivity index (χ1n) is 7.70. The minimum Gasteiger partial charge on any atom is -0.444 e. The summed E-state index contributed by atoms with van der Waals surface area (Å²) in [5.41, 5.74) is -0.452. The van der Waals surface area contributed by atoms with Crippen molar-refractivity contribution in [2.24, 2.45) is 0 Å². The van der Waals surface area contributed by atoms with Gasteiger partial charge in [-0.1, -0.05) is 22.6 Å². The van der Waals surface area contributed by atoms with E-state index >= 15 is 0 Å². The van der Waals surface area contributed by atoms with Crippen molar-refractivity contribution in [3.8, 4) is 0 Å². The van der Waals surface area contributed by atoms with Crippen LogP contribution in [0, 0.1) is 0 Å². The fraction of sp³-hybridized carbons (Fsp3) is 0.933. The summed E-state index contributed by atoms with van der Waals surface area (Å²) in [4.78, 5) is 13.8. The monoisotopic (exact) mass is 411 g/mol. The summed E-state index contributed by atoms with van der Waals surface area (Å²) in [5.74, 6) is 0. The molecule has 6 heteroatoms. The number of alkyl halides is 1. The maximum atomic E-state index is 12.1. The third kappa shape index (κ3) is 5.56. The van der Waals surface area contributed by atoms with Gasteiger partial charge in [0.15, 0.2) is 0 Å². The molecule has 5 nitrogen and oxygen atoms in total. The molecule has 122 valence electrons. The first-order chi connectivity index (χ1) is 9.85. The van der Waals surface area contributed by atoms with Gasteiger partial charge >= 0.3 is 6.09 Å². The fourth-order valence-corrected chi connectivity index (χ4v) is 3.45. The normalized spacial score (nSPS) is 30.5. The molecule has 0 aliphatic carbocycles. The van der Waals surface area contributed by atoms with E-state index in [1.165, 1.54) is 6.42 Å². The number of amides is 1. The molecule has 2 aliphatic rings. The van der Waals surface area contributed by atoms with Crippen LogP contribution < -0.4 is 0 Å². The minimum absolute atomic E-state index is 0.0728. The Kier molecular flexibility index (Phi) is 6.14. The zero-order valence-electron chi connectivity index (χ0n) is 13.1. The van der Waals surface area contributed by atoms with Crippen molar-refractivity contribution in [3.63, 3.8) is 0 Å². The Morgan fingerprint density at radius 2 is 2.10 bits per heavy atom. The Bertz CT molecular complexity index is 352. The first-order valence-corrected chi connectivity index (χ1v) is 8.95. The molecule has 0 N–H and O–H groups in total. The van der Waals surface area contributed by atoms with Gasteiger partial charge in [0.25, 0.3) is 0 Å². The van der Waals surface area contributed by atoms with Gasteiger partial charge < -0.3 is 19.1 Å². The minimum atomic E-state index is -0.452. The number of carbonyl (C=O) groups excluding carboxylic acids is 1. The van der Waals surface area contributed by atoms with Crippen molar-refractivity contribution in [1.82, 2.24) is 4.90 Å². The Morgan fingerprint density at radius 1 is 1.33 bits per heavy atom. The highest BCUT2D eigenvalue weighted by atomic mass is 127. The van der Waals surface area contributed by atoms with E-state index in [4.69, 9.17) is 14.2 Å². The number of nitrogens with zero attached hydrogens (tertiary/aromatic N) is 1. The lowest BCUT2D eigenvalue weighted by Crippen LogP contribution is -2.36. The lowest BCUT2D eigenvalue weighted by molar-refractivity contribution is -0.0589. The zero-order chi connectivity index (χ0) is 15.5. The summed E-state index contributed by atoms with van der Waals surface area (Å²) in [6.07, 6.45) is 3.50. The molecule has 2 rings (SSSR count). The molecule has 0 bridgehead atoms. The van der Waals surface area contributed by atoms with Crippen LogP contribution in [0.3, 0.4) is 0 Å². The smallest absolute Gasteiger partial charge is 0.410 e. The number of halogens is 1. The molecule has 21 heavy (non-hydrogen) atoms. The van der Waals surface area contributed by atoms with Crippen molar-refractivity contribution in [2.45, 2.75) is 61.8 Å². The summed E-state index contributed by atoms with van der Waals surface area (Å²) >= 11 is 2.36. The average Bonchev–Trinajstić information content (AvgIpc) is 2.77. The number of likely N-dealkylation sites (tertiary alicyclic amines) is 1. The van der Waals surface area contributed by atoms with E-state index in [1.54, 1.807) is 4.90 Å². The molecule has 2 heterocycles. The molecule has 3 atom stereocenters. The molecule has 0 aromatic rings. The second-order valence-electron chi connectivity index (χ2n) is 6.76. The van der Waals surface area contributed by atoms with Crippen LogP contribution in [0.2, 0.25) is 0 Å². The lowest BCUT2D eigenvalue weighted by Gasteiger charge is -2.25. The highest BCUT2D eigenvalue weighted by Crippen LogP contribution is 2.24. The van der Waals surface area contributed by atoms with Gasteiger partial charge in [0.05, 0.1) is 29.3 Å². The lowest BCUT2D eigenvalue weighted by atomic mass is 10.1. The molecule has 0 saturated carbocycles. The first kappa shape index (κ1) is 17.3. The highest BCUT2D eigenvalue weighted by Gasteiger charge is 2.36. The van der Waals surface area contributed by atoms with E-state index in [0.29, 0.717) is 23.6 Å². The van der Waals surface area contributed by atoms with E-state index in [2.05, 4.69) is 22.6 Å². The molecule has 0 aromatic heterocycles. The largest absolute Gasteiger partial charge is 0.444 e. The number of carbonyl (C=O) groups is 1. The van der Waals surface area contributed by atoms with Crippen molar-refractivity contribution in [3.05, 3.63) is 0 Å². The molecule has 2 saturated heterocycles. The molecule has 1 amide bonds. The molecular formula is C15H26INO4. The molecule has 2 aliphatic heterocycles. The zero-order valence-corrected chi connectivity index (χ0v) is 15.3. The van der Waals surface area contributed by atoms with Gasteiger partial charge in [-0.15, -0.1) is 0 Å². The van der Waals surface area contributed by atoms with Crippen LogP contribution in [0.5, 0.6) is 0 Å². The molecule has 2 fully saturated rings. The SMILES string of the molecule is CC(C)(C)OC(=O)N1CC(I)C(OCC2CCCCO2)C1. The number of hydrogen-bond acceptors (Lipinski definition) is 4. The fourth-order valence-electron chi connectivity index (χ4n) is 2.54. The van der Waals surface area contributed by atoms with Crippen molar-refractivity contribution in [1.29, 1.82) is 0 Å². The van der Waals surface area contributed by atoms with Gasteiger partial charge in [-0.25, -0.2) is 4.79 Å². The summed E-state index contributed by atoms with van der Waals surface area (Å²) in [7, 11) is 0. The summed E-state index contributed by atoms with van der Waals surface area (Å²) in [6, 6.07) is 0. The van der Waals surface area contributed by atoms with E-state index in [0.717, 1.165) is 19.4 Å². The van der Waals surface area contributed by atoms with Crippen LogP contribution in [0.25, 0.3) is 0 Å². The van der Waals surface area contributed by atoms with Crippen LogP contribution >= 0.6 is 22.6 Å². The Balaban J connectivity index is 1.76. The van der Waals surface area contributed by atoms with Crippen LogP contribution in [-0.4, -0.2) is 59.0 Å². The van der Waals surface area contributed by atoms with Crippen LogP contribution in [-0.2, 0) is 14.2 Å². The third-order valence-electron chi connectivity index (χ3n) is 3.62. The van der Waals surface area contributed by atoms with Crippen molar-refractivity contribution < 1.29 is 19.0 Å². The molecule has 3 unspecified atom stereocenters. The third-order valence-corrected chi connectivity index (χ3v) is 4.82. The standard InChI is InChI=1S/C15H26INO4/c1-15(2,3)21-14(18)17-8-12(16)13(9-17)20-10-11-6-4-5-7-19-11/h11-13H,4-10H2,1-3H3. The predicted molar refractivity (Wildman–Crippen MR) is 88.9 cm³/mol. The van der Waals surface area contributed by atoms with Crippen molar-refractivity contribution >= 4 is 28.7 Å². The van der Waals surface area contributed by atoms with Gasteiger partial charge in [-0.05, 0) is 40.0 Å². The Labute approximate surface area is 140 Å². The maximum absolute atomic E-state index is 12.1.